The maximum atomic E-state index is 11.7. The maximum Gasteiger partial charge on any atom is 0.315 e. The van der Waals surface area contributed by atoms with Gasteiger partial charge in [-0.05, 0) is 31.5 Å². The molecule has 1 aromatic rings. The lowest BCUT2D eigenvalue weighted by Crippen LogP contribution is -2.18. The number of amides is 2. The van der Waals surface area contributed by atoms with Crippen molar-refractivity contribution >= 4 is 29.2 Å². The highest BCUT2D eigenvalue weighted by atomic mass is 16.5. The van der Waals surface area contributed by atoms with Gasteiger partial charge in [0.05, 0.1) is 6.61 Å². The van der Waals surface area contributed by atoms with Gasteiger partial charge in [-0.15, -0.1) is 0 Å². The van der Waals surface area contributed by atoms with Gasteiger partial charge in [0.25, 0.3) is 0 Å². The molecule has 1 rings (SSSR count). The van der Waals surface area contributed by atoms with E-state index < -0.39 is 11.9 Å². The van der Waals surface area contributed by atoms with Crippen molar-refractivity contribution in [3.63, 3.8) is 0 Å². The summed E-state index contributed by atoms with van der Waals surface area (Å²) in [5, 5.41) is 5.35. The Labute approximate surface area is 123 Å². The van der Waals surface area contributed by atoms with Crippen molar-refractivity contribution in [1.29, 1.82) is 0 Å². The molecule has 0 aromatic heterocycles. The van der Waals surface area contributed by atoms with E-state index >= 15 is 0 Å². The molecule has 1 aromatic carbocycles. The monoisotopic (exact) mass is 292 g/mol. The number of nitrogens with one attached hydrogen (secondary N) is 2. The second-order valence-corrected chi connectivity index (χ2v) is 4.46. The number of hydrogen-bond donors (Lipinski definition) is 2. The van der Waals surface area contributed by atoms with Crippen molar-refractivity contribution < 1.29 is 19.1 Å². The number of carbonyl (C=O) groups excluding carboxylic acids is 3. The Balaban J connectivity index is 2.71. The van der Waals surface area contributed by atoms with Gasteiger partial charge in [-0.1, -0.05) is 13.0 Å². The van der Waals surface area contributed by atoms with Crippen molar-refractivity contribution in [2.75, 3.05) is 17.2 Å². The average molecular weight is 292 g/mol. The highest BCUT2D eigenvalue weighted by molar-refractivity contribution is 6.02. The van der Waals surface area contributed by atoms with E-state index in [-0.39, 0.29) is 18.9 Å². The van der Waals surface area contributed by atoms with Crippen molar-refractivity contribution in [3.05, 3.63) is 23.8 Å². The smallest absolute Gasteiger partial charge is 0.315 e. The molecule has 0 atom stereocenters. The molecule has 6 heteroatoms. The lowest BCUT2D eigenvalue weighted by atomic mass is 10.1. The SMILES string of the molecule is CCOC(=O)CC(=O)Nc1ccc(C)c(NC(=O)CC)c1. The maximum absolute atomic E-state index is 11.7. The van der Waals surface area contributed by atoms with E-state index in [4.69, 9.17) is 4.74 Å². The molecule has 21 heavy (non-hydrogen) atoms. The fourth-order valence-corrected chi connectivity index (χ4v) is 1.62. The van der Waals surface area contributed by atoms with E-state index in [0.29, 0.717) is 17.8 Å². The first-order chi connectivity index (χ1) is 9.96. The summed E-state index contributed by atoms with van der Waals surface area (Å²) in [6, 6.07) is 5.15. The summed E-state index contributed by atoms with van der Waals surface area (Å²) in [7, 11) is 0. The molecule has 2 N–H and O–H groups in total. The molecule has 114 valence electrons. The van der Waals surface area contributed by atoms with Gasteiger partial charge in [-0.25, -0.2) is 0 Å². The van der Waals surface area contributed by atoms with Crippen LogP contribution in [0.2, 0.25) is 0 Å². The first-order valence-corrected chi connectivity index (χ1v) is 6.82. The fourth-order valence-electron chi connectivity index (χ4n) is 1.62. The average Bonchev–Trinajstić information content (AvgIpc) is 2.42. The van der Waals surface area contributed by atoms with E-state index in [9.17, 15) is 14.4 Å². The number of ether oxygens (including phenoxy) is 1. The fraction of sp³-hybridized carbons (Fsp3) is 0.400. The van der Waals surface area contributed by atoms with Gasteiger partial charge in [-0.2, -0.15) is 0 Å². The molecule has 6 nitrogen and oxygen atoms in total. The van der Waals surface area contributed by atoms with E-state index in [0.717, 1.165) is 5.56 Å². The number of rotatable bonds is 6. The van der Waals surface area contributed by atoms with Crippen LogP contribution in [0.5, 0.6) is 0 Å². The highest BCUT2D eigenvalue weighted by Crippen LogP contribution is 2.20. The Bertz CT molecular complexity index is 540. The number of esters is 1. The Morgan fingerprint density at radius 1 is 1.10 bits per heavy atom. The lowest BCUT2D eigenvalue weighted by Gasteiger charge is -2.11. The summed E-state index contributed by atoms with van der Waals surface area (Å²) in [5.74, 6) is -1.13. The second-order valence-electron chi connectivity index (χ2n) is 4.46. The largest absolute Gasteiger partial charge is 0.466 e. The van der Waals surface area contributed by atoms with Gasteiger partial charge in [0.1, 0.15) is 6.42 Å². The lowest BCUT2D eigenvalue weighted by molar-refractivity contribution is -0.145. The predicted molar refractivity (Wildman–Crippen MR) is 80.0 cm³/mol. The standard InChI is InChI=1S/C15H20N2O4/c1-4-13(18)17-12-8-11(7-6-10(12)3)16-14(19)9-15(20)21-5-2/h6-8H,4-5,9H2,1-3H3,(H,16,19)(H,17,18). The van der Waals surface area contributed by atoms with Gasteiger partial charge < -0.3 is 15.4 Å². The molecule has 0 aliphatic heterocycles. The third-order valence-electron chi connectivity index (χ3n) is 2.73. The molecular formula is C15H20N2O4. The van der Waals surface area contributed by atoms with Crippen molar-refractivity contribution in [1.82, 2.24) is 0 Å². The molecule has 2 amide bonds. The van der Waals surface area contributed by atoms with Crippen LogP contribution in [0, 0.1) is 6.92 Å². The van der Waals surface area contributed by atoms with Crippen LogP contribution in [-0.4, -0.2) is 24.4 Å². The zero-order chi connectivity index (χ0) is 15.8. The van der Waals surface area contributed by atoms with Crippen molar-refractivity contribution in [3.8, 4) is 0 Å². The summed E-state index contributed by atoms with van der Waals surface area (Å²) >= 11 is 0. The van der Waals surface area contributed by atoms with E-state index in [1.807, 2.05) is 6.92 Å². The Hall–Kier alpha value is -2.37. The van der Waals surface area contributed by atoms with Crippen LogP contribution in [0.15, 0.2) is 18.2 Å². The van der Waals surface area contributed by atoms with Crippen LogP contribution in [-0.2, 0) is 19.1 Å². The van der Waals surface area contributed by atoms with E-state index in [2.05, 4.69) is 10.6 Å². The molecule has 0 aliphatic carbocycles. The highest BCUT2D eigenvalue weighted by Gasteiger charge is 2.11. The zero-order valence-corrected chi connectivity index (χ0v) is 12.5. The molecule has 0 bridgehead atoms. The molecule has 0 heterocycles. The Kier molecular flexibility index (Phi) is 6.39. The molecule has 0 spiro atoms. The summed E-state index contributed by atoms with van der Waals surface area (Å²) in [4.78, 5) is 34.3. The molecule has 0 aliphatic rings. The van der Waals surface area contributed by atoms with Crippen LogP contribution in [0.1, 0.15) is 32.3 Å². The second kappa shape index (κ2) is 8.04. The van der Waals surface area contributed by atoms with Crippen molar-refractivity contribution in [2.24, 2.45) is 0 Å². The number of carbonyl (C=O) groups is 3. The van der Waals surface area contributed by atoms with Crippen LogP contribution < -0.4 is 10.6 Å². The van der Waals surface area contributed by atoms with E-state index in [1.165, 1.54) is 0 Å². The Morgan fingerprint density at radius 2 is 1.81 bits per heavy atom. The molecule has 0 saturated carbocycles. The van der Waals surface area contributed by atoms with Gasteiger partial charge in [0, 0.05) is 17.8 Å². The molecule has 0 fully saturated rings. The Morgan fingerprint density at radius 3 is 2.43 bits per heavy atom. The number of aryl methyl sites for hydroxylation is 1. The zero-order valence-electron chi connectivity index (χ0n) is 12.5. The summed E-state index contributed by atoms with van der Waals surface area (Å²) in [6.45, 7) is 5.54. The number of hydrogen-bond acceptors (Lipinski definition) is 4. The summed E-state index contributed by atoms with van der Waals surface area (Å²) in [6.07, 6.45) is 0.0389. The molecule has 0 radical (unpaired) electrons. The normalized spacial score (nSPS) is 9.86. The van der Waals surface area contributed by atoms with Gasteiger partial charge in [0.15, 0.2) is 0 Å². The molecule has 0 saturated heterocycles. The van der Waals surface area contributed by atoms with E-state index in [1.54, 1.807) is 32.0 Å². The minimum Gasteiger partial charge on any atom is -0.466 e. The summed E-state index contributed by atoms with van der Waals surface area (Å²) in [5.41, 5.74) is 2.04. The first-order valence-electron chi connectivity index (χ1n) is 6.82. The third kappa shape index (κ3) is 5.64. The predicted octanol–water partition coefficient (Wildman–Crippen LogP) is 2.24. The van der Waals surface area contributed by atoms with Gasteiger partial charge in [-0.3, -0.25) is 14.4 Å². The molecule has 0 unspecified atom stereocenters. The minimum absolute atomic E-state index is 0.104. The van der Waals surface area contributed by atoms with Gasteiger partial charge in [0.2, 0.25) is 11.8 Å². The number of anilines is 2. The molecular weight excluding hydrogens is 272 g/mol. The van der Waals surface area contributed by atoms with Crippen LogP contribution in [0.25, 0.3) is 0 Å². The quantitative estimate of drug-likeness (QED) is 0.622. The van der Waals surface area contributed by atoms with Gasteiger partial charge >= 0.3 is 5.97 Å². The van der Waals surface area contributed by atoms with Crippen molar-refractivity contribution in [2.45, 2.75) is 33.6 Å². The first kappa shape index (κ1) is 16.7. The van der Waals surface area contributed by atoms with Crippen LogP contribution in [0.3, 0.4) is 0 Å². The third-order valence-corrected chi connectivity index (χ3v) is 2.73. The summed E-state index contributed by atoms with van der Waals surface area (Å²) < 4.78 is 4.70. The van der Waals surface area contributed by atoms with Crippen LogP contribution >= 0.6 is 0 Å². The minimum atomic E-state index is -0.568. The number of benzene rings is 1. The van der Waals surface area contributed by atoms with Crippen LogP contribution in [0.4, 0.5) is 11.4 Å². The topological polar surface area (TPSA) is 84.5 Å².